The number of rotatable bonds is 7. The van der Waals surface area contributed by atoms with Crippen molar-refractivity contribution >= 4 is 23.5 Å². The predicted octanol–water partition coefficient (Wildman–Crippen LogP) is 4.80. The predicted molar refractivity (Wildman–Crippen MR) is 114 cm³/mol. The molecule has 1 saturated heterocycles. The van der Waals surface area contributed by atoms with Crippen molar-refractivity contribution in [1.29, 1.82) is 0 Å². The average Bonchev–Trinajstić information content (AvgIpc) is 3.39. The summed E-state index contributed by atoms with van der Waals surface area (Å²) in [5, 5.41) is 8.65. The van der Waals surface area contributed by atoms with Crippen LogP contribution in [0.1, 0.15) is 42.8 Å². The highest BCUT2D eigenvalue weighted by atomic mass is 32.2. The molecule has 0 aliphatic carbocycles. The number of halogens is 2. The van der Waals surface area contributed by atoms with Gasteiger partial charge in [0.2, 0.25) is 5.95 Å². The number of piperidine rings is 1. The average molecular weight is 447 g/mol. The van der Waals surface area contributed by atoms with Crippen LogP contribution in [0.25, 0.3) is 0 Å². The summed E-state index contributed by atoms with van der Waals surface area (Å²) >= 11 is 1.20. The second kappa shape index (κ2) is 9.21. The first-order valence-corrected chi connectivity index (χ1v) is 11.2. The molecular weight excluding hydrogens is 422 g/mol. The largest absolute Gasteiger partial charge is 0.467 e. The van der Waals surface area contributed by atoms with Crippen molar-refractivity contribution in [2.24, 2.45) is 5.92 Å². The Labute approximate surface area is 183 Å². The summed E-state index contributed by atoms with van der Waals surface area (Å²) in [5.74, 6) is 0.152. The smallest absolute Gasteiger partial charge is 0.228 e. The van der Waals surface area contributed by atoms with Gasteiger partial charge in [-0.2, -0.15) is 0 Å². The van der Waals surface area contributed by atoms with E-state index in [2.05, 4.69) is 22.0 Å². The third-order valence-corrected chi connectivity index (χ3v) is 6.59. The van der Waals surface area contributed by atoms with E-state index >= 15 is 0 Å². The molecule has 1 aliphatic heterocycles. The minimum atomic E-state index is -0.863. The Morgan fingerprint density at radius 1 is 1.26 bits per heavy atom. The highest BCUT2D eigenvalue weighted by Crippen LogP contribution is 2.30. The Hall–Kier alpha value is -2.68. The van der Waals surface area contributed by atoms with Crippen molar-refractivity contribution in [1.82, 2.24) is 14.8 Å². The zero-order valence-corrected chi connectivity index (χ0v) is 18.2. The molecule has 31 heavy (non-hydrogen) atoms. The molecule has 0 spiro atoms. The lowest BCUT2D eigenvalue weighted by atomic mass is 10.00. The van der Waals surface area contributed by atoms with Crippen LogP contribution in [0.5, 0.6) is 0 Å². The van der Waals surface area contributed by atoms with Crippen molar-refractivity contribution in [2.75, 3.05) is 18.0 Å². The van der Waals surface area contributed by atoms with E-state index in [9.17, 15) is 13.6 Å². The topological polar surface area (TPSA) is 64.2 Å². The Morgan fingerprint density at radius 2 is 2.03 bits per heavy atom. The maximum Gasteiger partial charge on any atom is 0.228 e. The van der Waals surface area contributed by atoms with E-state index in [-0.39, 0.29) is 5.56 Å². The maximum absolute atomic E-state index is 14.1. The van der Waals surface area contributed by atoms with Crippen LogP contribution in [0.2, 0.25) is 0 Å². The first-order chi connectivity index (χ1) is 14.9. The summed E-state index contributed by atoms with van der Waals surface area (Å²) in [6, 6.07) is 6.68. The highest BCUT2D eigenvalue weighted by molar-refractivity contribution is 8.00. The van der Waals surface area contributed by atoms with E-state index < -0.39 is 22.7 Å². The van der Waals surface area contributed by atoms with E-state index in [0.29, 0.717) is 17.6 Å². The second-order valence-corrected chi connectivity index (χ2v) is 9.17. The van der Waals surface area contributed by atoms with Gasteiger partial charge in [0.1, 0.15) is 17.4 Å². The van der Waals surface area contributed by atoms with Gasteiger partial charge in [0.05, 0.1) is 23.6 Å². The molecule has 0 amide bonds. The minimum Gasteiger partial charge on any atom is -0.467 e. The van der Waals surface area contributed by atoms with Crippen LogP contribution < -0.4 is 4.90 Å². The van der Waals surface area contributed by atoms with Crippen molar-refractivity contribution in [2.45, 2.75) is 43.6 Å². The number of ketones is 1. The monoisotopic (exact) mass is 446 g/mol. The number of carbonyl (C=O) groups is 1. The number of hydrogen-bond acceptors (Lipinski definition) is 6. The molecule has 0 bridgehead atoms. The molecule has 164 valence electrons. The highest BCUT2D eigenvalue weighted by Gasteiger charge is 2.27. The van der Waals surface area contributed by atoms with Crippen LogP contribution in [0.3, 0.4) is 0 Å². The van der Waals surface area contributed by atoms with E-state index in [1.54, 1.807) is 13.2 Å². The molecule has 0 saturated carbocycles. The molecule has 6 nitrogen and oxygen atoms in total. The molecule has 0 radical (unpaired) electrons. The summed E-state index contributed by atoms with van der Waals surface area (Å²) in [4.78, 5) is 15.0. The number of nitrogens with zero attached hydrogens (tertiary/aromatic N) is 4. The maximum atomic E-state index is 14.1. The normalized spacial score (nSPS) is 15.9. The summed E-state index contributed by atoms with van der Waals surface area (Å²) in [6.07, 6.45) is 3.77. The fraction of sp³-hybridized carbons (Fsp3) is 0.409. The van der Waals surface area contributed by atoms with Crippen molar-refractivity contribution in [3.8, 4) is 0 Å². The number of furan rings is 1. The number of carbonyl (C=O) groups excluding carboxylic acids is 1. The van der Waals surface area contributed by atoms with Crippen LogP contribution in [0, 0.1) is 17.6 Å². The Bertz CT molecular complexity index is 1050. The number of benzene rings is 1. The number of hydrogen-bond donors (Lipinski definition) is 0. The molecule has 9 heteroatoms. The summed E-state index contributed by atoms with van der Waals surface area (Å²) in [7, 11) is 0. The molecule has 1 aliphatic rings. The van der Waals surface area contributed by atoms with Gasteiger partial charge in [-0.05, 0) is 49.9 Å². The van der Waals surface area contributed by atoms with E-state index in [1.807, 2.05) is 16.7 Å². The fourth-order valence-corrected chi connectivity index (χ4v) is 4.54. The SMILES string of the molecule is CC1CCN(c2nnc(SC(C)C(=O)c3ccc(F)cc3F)n2Cc2ccco2)CC1. The van der Waals surface area contributed by atoms with Gasteiger partial charge in [0.15, 0.2) is 10.9 Å². The molecule has 1 unspecified atom stereocenters. The van der Waals surface area contributed by atoms with Gasteiger partial charge in [-0.15, -0.1) is 10.2 Å². The third-order valence-electron chi connectivity index (χ3n) is 5.51. The Kier molecular flexibility index (Phi) is 6.41. The van der Waals surface area contributed by atoms with Crippen LogP contribution in [0.4, 0.5) is 14.7 Å². The van der Waals surface area contributed by atoms with Gasteiger partial charge < -0.3 is 9.32 Å². The van der Waals surface area contributed by atoms with Gasteiger partial charge >= 0.3 is 0 Å². The standard InChI is InChI=1S/C22H24F2N4O2S/c1-14-7-9-27(10-8-14)21-25-26-22(28(21)13-17-4-3-11-30-17)31-15(2)20(29)18-6-5-16(23)12-19(18)24/h3-6,11-12,14-15H,7-10,13H2,1-2H3. The lowest BCUT2D eigenvalue weighted by Gasteiger charge is -2.31. The summed E-state index contributed by atoms with van der Waals surface area (Å²) in [6.45, 7) is 6.13. The van der Waals surface area contributed by atoms with Gasteiger partial charge in [0, 0.05) is 19.2 Å². The third kappa shape index (κ3) is 4.81. The second-order valence-electron chi connectivity index (χ2n) is 7.87. The van der Waals surface area contributed by atoms with Gasteiger partial charge in [-0.25, -0.2) is 8.78 Å². The molecule has 4 rings (SSSR count). The van der Waals surface area contributed by atoms with Gasteiger partial charge in [-0.3, -0.25) is 9.36 Å². The van der Waals surface area contributed by atoms with E-state index in [1.165, 1.54) is 17.8 Å². The fourth-order valence-electron chi connectivity index (χ4n) is 3.63. The summed E-state index contributed by atoms with van der Waals surface area (Å²) < 4.78 is 34.7. The van der Waals surface area contributed by atoms with Gasteiger partial charge in [-0.1, -0.05) is 18.7 Å². The van der Waals surface area contributed by atoms with E-state index in [0.717, 1.165) is 49.8 Å². The molecule has 1 atom stereocenters. The first-order valence-electron chi connectivity index (χ1n) is 10.3. The number of aromatic nitrogens is 3. The van der Waals surface area contributed by atoms with Gasteiger partial charge in [0.25, 0.3) is 0 Å². The van der Waals surface area contributed by atoms with Crippen LogP contribution in [-0.4, -0.2) is 38.9 Å². The number of Topliss-reactive ketones (excluding diaryl/α,β-unsaturated/α-hetero) is 1. The molecule has 1 fully saturated rings. The Morgan fingerprint density at radius 3 is 2.71 bits per heavy atom. The van der Waals surface area contributed by atoms with Crippen LogP contribution in [-0.2, 0) is 6.54 Å². The van der Waals surface area contributed by atoms with Crippen LogP contribution in [0.15, 0.2) is 46.2 Å². The minimum absolute atomic E-state index is 0.135. The van der Waals surface area contributed by atoms with Crippen molar-refractivity contribution in [3.05, 3.63) is 59.6 Å². The lowest BCUT2D eigenvalue weighted by Crippen LogP contribution is -2.35. The molecule has 0 N–H and O–H groups in total. The van der Waals surface area contributed by atoms with Crippen LogP contribution >= 0.6 is 11.8 Å². The summed E-state index contributed by atoms with van der Waals surface area (Å²) in [5.41, 5.74) is -0.135. The van der Waals surface area contributed by atoms with Crippen molar-refractivity contribution in [3.63, 3.8) is 0 Å². The van der Waals surface area contributed by atoms with E-state index in [4.69, 9.17) is 4.42 Å². The quantitative estimate of drug-likeness (QED) is 0.384. The van der Waals surface area contributed by atoms with Crippen molar-refractivity contribution < 1.29 is 18.0 Å². The molecule has 3 heterocycles. The Balaban J connectivity index is 1.58. The zero-order chi connectivity index (χ0) is 22.0. The molecule has 1 aromatic carbocycles. The number of anilines is 1. The first kappa shape index (κ1) is 21.5. The molecule has 3 aromatic rings. The number of thioether (sulfide) groups is 1. The molecule has 2 aromatic heterocycles. The zero-order valence-electron chi connectivity index (χ0n) is 17.4. The molecular formula is C22H24F2N4O2S. The lowest BCUT2D eigenvalue weighted by molar-refractivity contribution is 0.0990.